The third kappa shape index (κ3) is 2.97. The summed E-state index contributed by atoms with van der Waals surface area (Å²) in [5.74, 6) is 0.555. The molecular formula is C12H19N2O2+. The smallest absolute Gasteiger partial charge is 0.410 e. The first kappa shape index (κ1) is 12.5. The first-order valence-corrected chi connectivity index (χ1v) is 5.33. The summed E-state index contributed by atoms with van der Waals surface area (Å²) < 4.78 is 5.81. The van der Waals surface area contributed by atoms with Crippen LogP contribution in [0.15, 0.2) is 24.3 Å². The van der Waals surface area contributed by atoms with Crippen LogP contribution in [0.4, 0.5) is 10.5 Å². The molecule has 0 aliphatic carbocycles. The van der Waals surface area contributed by atoms with Gasteiger partial charge in [0.25, 0.3) is 0 Å². The van der Waals surface area contributed by atoms with Crippen molar-refractivity contribution >= 4 is 11.8 Å². The highest BCUT2D eigenvalue weighted by molar-refractivity contribution is 5.70. The van der Waals surface area contributed by atoms with E-state index >= 15 is 0 Å². The van der Waals surface area contributed by atoms with E-state index in [-0.39, 0.29) is 0 Å². The molecule has 0 aliphatic rings. The van der Waals surface area contributed by atoms with E-state index in [4.69, 9.17) is 4.74 Å². The Kier molecular flexibility index (Phi) is 3.90. The van der Waals surface area contributed by atoms with Gasteiger partial charge in [-0.25, -0.2) is 4.79 Å². The summed E-state index contributed by atoms with van der Waals surface area (Å²) >= 11 is 0. The van der Waals surface area contributed by atoms with Gasteiger partial charge in [0.05, 0.1) is 20.6 Å². The number of quaternary nitrogens is 1. The molecule has 4 nitrogen and oxygen atoms in total. The van der Waals surface area contributed by atoms with Crippen LogP contribution in [0, 0.1) is 0 Å². The van der Waals surface area contributed by atoms with E-state index in [1.165, 1.54) is 12.7 Å². The number of carbonyl (C=O) groups is 1. The van der Waals surface area contributed by atoms with Crippen molar-refractivity contribution < 1.29 is 9.53 Å². The van der Waals surface area contributed by atoms with E-state index in [1.54, 1.807) is 12.1 Å². The van der Waals surface area contributed by atoms with Crippen molar-refractivity contribution in [3.8, 4) is 5.75 Å². The van der Waals surface area contributed by atoms with Gasteiger partial charge in [-0.15, -0.1) is 0 Å². The van der Waals surface area contributed by atoms with Crippen molar-refractivity contribution in [2.75, 3.05) is 27.7 Å². The summed E-state index contributed by atoms with van der Waals surface area (Å²) in [6, 6.07) is 7.56. The van der Waals surface area contributed by atoms with Crippen LogP contribution >= 0.6 is 0 Å². The fourth-order valence-corrected chi connectivity index (χ4v) is 1.26. The van der Waals surface area contributed by atoms with Gasteiger partial charge in [-0.05, 0) is 19.1 Å². The standard InChI is InChI=1S/C12H18N2O2/c1-5-14(3,4)10-6-8-11(9-7-10)16-12(15)13-2/h6-9H,5H2,1-4H3/p+1. The summed E-state index contributed by atoms with van der Waals surface area (Å²) in [6.45, 7) is 3.14. The molecule has 0 radical (unpaired) electrons. The number of carbonyl (C=O) groups excluding carboxylic acids is 1. The zero-order valence-corrected chi connectivity index (χ0v) is 10.3. The molecule has 1 aromatic rings. The fraction of sp³-hybridized carbons (Fsp3) is 0.417. The maximum Gasteiger partial charge on any atom is 0.412 e. The van der Waals surface area contributed by atoms with Gasteiger partial charge in [-0.2, -0.15) is 0 Å². The largest absolute Gasteiger partial charge is 0.412 e. The Labute approximate surface area is 96.4 Å². The SMILES string of the molecule is CC[N+](C)(C)c1ccc(OC(=O)NC)cc1. The van der Waals surface area contributed by atoms with Crippen LogP contribution in [0.1, 0.15) is 6.92 Å². The number of amides is 1. The van der Waals surface area contributed by atoms with Crippen molar-refractivity contribution in [1.82, 2.24) is 9.80 Å². The number of hydrogen-bond donors (Lipinski definition) is 1. The summed E-state index contributed by atoms with van der Waals surface area (Å²) in [4.78, 5) is 11.0. The van der Waals surface area contributed by atoms with Gasteiger partial charge in [-0.1, -0.05) is 0 Å². The Hall–Kier alpha value is -1.55. The van der Waals surface area contributed by atoms with Crippen molar-refractivity contribution in [3.05, 3.63) is 24.3 Å². The summed E-state index contributed by atoms with van der Waals surface area (Å²) in [5.41, 5.74) is 1.19. The first-order chi connectivity index (χ1) is 7.49. The molecular weight excluding hydrogens is 204 g/mol. The van der Waals surface area contributed by atoms with Gasteiger partial charge in [0.2, 0.25) is 0 Å². The molecule has 0 atom stereocenters. The zero-order chi connectivity index (χ0) is 12.2. The highest BCUT2D eigenvalue weighted by Gasteiger charge is 2.15. The average Bonchev–Trinajstić information content (AvgIpc) is 2.29. The number of ether oxygens (including phenoxy) is 1. The minimum absolute atomic E-state index is 0.447. The molecule has 0 saturated carbocycles. The molecule has 1 N–H and O–H groups in total. The Bertz CT molecular complexity index is 358. The van der Waals surface area contributed by atoms with E-state index in [9.17, 15) is 4.79 Å². The van der Waals surface area contributed by atoms with Crippen LogP contribution in [0.3, 0.4) is 0 Å². The topological polar surface area (TPSA) is 38.3 Å². The minimum atomic E-state index is -0.447. The van der Waals surface area contributed by atoms with Crippen LogP contribution in [0.25, 0.3) is 0 Å². The third-order valence-electron chi connectivity index (χ3n) is 2.74. The van der Waals surface area contributed by atoms with Gasteiger partial charge in [0.1, 0.15) is 11.4 Å². The van der Waals surface area contributed by atoms with Crippen LogP contribution < -0.4 is 14.5 Å². The number of nitrogens with one attached hydrogen (secondary N) is 1. The van der Waals surface area contributed by atoms with Gasteiger partial charge in [-0.3, -0.25) is 4.48 Å². The Balaban J connectivity index is 2.79. The number of benzene rings is 1. The van der Waals surface area contributed by atoms with Crippen molar-refractivity contribution in [2.45, 2.75) is 6.92 Å². The molecule has 0 bridgehead atoms. The van der Waals surface area contributed by atoms with Crippen molar-refractivity contribution in [2.24, 2.45) is 0 Å². The predicted molar refractivity (Wildman–Crippen MR) is 65.7 cm³/mol. The van der Waals surface area contributed by atoms with Gasteiger partial charge < -0.3 is 10.1 Å². The summed E-state index contributed by atoms with van der Waals surface area (Å²) in [5, 5.41) is 2.40. The third-order valence-corrected chi connectivity index (χ3v) is 2.74. The zero-order valence-electron chi connectivity index (χ0n) is 10.3. The average molecular weight is 223 g/mol. The Morgan fingerprint density at radius 2 is 1.88 bits per heavy atom. The van der Waals surface area contributed by atoms with Gasteiger partial charge >= 0.3 is 6.09 Å². The maximum atomic E-state index is 11.0. The van der Waals surface area contributed by atoms with E-state index in [2.05, 4.69) is 26.3 Å². The lowest BCUT2D eigenvalue weighted by Gasteiger charge is -2.27. The molecule has 1 aromatic carbocycles. The van der Waals surface area contributed by atoms with Crippen molar-refractivity contribution in [1.29, 1.82) is 0 Å². The maximum absolute atomic E-state index is 11.0. The van der Waals surface area contributed by atoms with Gasteiger partial charge in [0.15, 0.2) is 0 Å². The molecule has 0 aromatic heterocycles. The van der Waals surface area contributed by atoms with Crippen LogP contribution in [0.2, 0.25) is 0 Å². The molecule has 0 saturated heterocycles. The molecule has 16 heavy (non-hydrogen) atoms. The van der Waals surface area contributed by atoms with E-state index in [0.29, 0.717) is 5.75 Å². The highest BCUT2D eigenvalue weighted by atomic mass is 16.5. The summed E-state index contributed by atoms with van der Waals surface area (Å²) in [7, 11) is 5.80. The molecule has 0 spiro atoms. The lowest BCUT2D eigenvalue weighted by Crippen LogP contribution is -2.39. The lowest BCUT2D eigenvalue weighted by molar-refractivity contribution is 0.203. The van der Waals surface area contributed by atoms with Crippen LogP contribution in [0.5, 0.6) is 5.75 Å². The molecule has 0 aliphatic heterocycles. The Morgan fingerprint density at radius 3 is 2.31 bits per heavy atom. The quantitative estimate of drug-likeness (QED) is 0.796. The van der Waals surface area contributed by atoms with E-state index in [1.807, 2.05) is 12.1 Å². The number of nitrogens with zero attached hydrogens (tertiary/aromatic N) is 1. The van der Waals surface area contributed by atoms with E-state index < -0.39 is 6.09 Å². The first-order valence-electron chi connectivity index (χ1n) is 5.33. The summed E-state index contributed by atoms with van der Waals surface area (Å²) in [6.07, 6.45) is -0.447. The van der Waals surface area contributed by atoms with Crippen molar-refractivity contribution in [3.63, 3.8) is 0 Å². The second-order valence-corrected chi connectivity index (χ2v) is 4.13. The molecule has 1 amide bonds. The van der Waals surface area contributed by atoms with E-state index in [0.717, 1.165) is 11.0 Å². The second-order valence-electron chi connectivity index (χ2n) is 4.13. The fourth-order valence-electron chi connectivity index (χ4n) is 1.26. The second kappa shape index (κ2) is 4.99. The molecule has 88 valence electrons. The van der Waals surface area contributed by atoms with Crippen LogP contribution in [-0.4, -0.2) is 33.8 Å². The molecule has 4 heteroatoms. The highest BCUT2D eigenvalue weighted by Crippen LogP contribution is 2.22. The lowest BCUT2D eigenvalue weighted by atomic mass is 10.2. The molecule has 0 unspecified atom stereocenters. The monoisotopic (exact) mass is 223 g/mol. The van der Waals surface area contributed by atoms with Gasteiger partial charge in [0, 0.05) is 19.2 Å². The Morgan fingerprint density at radius 1 is 1.31 bits per heavy atom. The number of hydrogen-bond acceptors (Lipinski definition) is 2. The normalized spacial score (nSPS) is 11.0. The predicted octanol–water partition coefficient (Wildman–Crippen LogP) is 1.99. The van der Waals surface area contributed by atoms with Crippen LogP contribution in [-0.2, 0) is 0 Å². The minimum Gasteiger partial charge on any atom is -0.410 e. The number of rotatable bonds is 3. The molecule has 1 rings (SSSR count). The molecule has 0 heterocycles. The molecule has 0 fully saturated rings.